The fourth-order valence-electron chi connectivity index (χ4n) is 2.68. The lowest BCUT2D eigenvalue weighted by atomic mass is 10.3. The number of thioether (sulfide) groups is 1. The minimum Gasteiger partial charge on any atom is -0.311 e. The van der Waals surface area contributed by atoms with Crippen LogP contribution in [0.5, 0.6) is 0 Å². The van der Waals surface area contributed by atoms with Gasteiger partial charge in [-0.3, -0.25) is 14.7 Å². The van der Waals surface area contributed by atoms with E-state index in [9.17, 15) is 9.59 Å². The Kier molecular flexibility index (Phi) is 5.52. The number of tetrazole rings is 1. The molecule has 0 aliphatic heterocycles. The van der Waals surface area contributed by atoms with E-state index in [1.54, 1.807) is 16.8 Å². The molecule has 0 fully saturated rings. The van der Waals surface area contributed by atoms with E-state index in [0.717, 1.165) is 5.69 Å². The van der Waals surface area contributed by atoms with Crippen molar-refractivity contribution in [2.45, 2.75) is 11.6 Å². The number of aromatic amines is 1. The number of carbonyl (C=O) groups is 1. The van der Waals surface area contributed by atoms with Crippen LogP contribution in [-0.2, 0) is 4.79 Å². The third kappa shape index (κ3) is 4.43. The SMILES string of the molecule is O=C(CCSc1nnnn1-c1ccccc1)Nc1cc(=O)n(-c2ccccc2)[nH]1. The van der Waals surface area contributed by atoms with Crippen LogP contribution in [0.4, 0.5) is 5.82 Å². The number of aromatic nitrogens is 6. The Morgan fingerprint density at radius 1 is 1.03 bits per heavy atom. The van der Waals surface area contributed by atoms with Crippen molar-refractivity contribution >= 4 is 23.5 Å². The van der Waals surface area contributed by atoms with Crippen LogP contribution < -0.4 is 10.9 Å². The highest BCUT2D eigenvalue weighted by Crippen LogP contribution is 2.18. The highest BCUT2D eigenvalue weighted by molar-refractivity contribution is 7.99. The summed E-state index contributed by atoms with van der Waals surface area (Å²) in [5.74, 6) is 0.628. The predicted octanol–water partition coefficient (Wildman–Crippen LogP) is 2.26. The van der Waals surface area contributed by atoms with Gasteiger partial charge in [-0.2, -0.15) is 4.68 Å². The molecule has 0 atom stereocenters. The lowest BCUT2D eigenvalue weighted by molar-refractivity contribution is -0.115. The molecule has 0 aliphatic carbocycles. The molecule has 2 aromatic heterocycles. The molecule has 1 amide bonds. The third-order valence-corrected chi connectivity index (χ3v) is 4.93. The predicted molar refractivity (Wildman–Crippen MR) is 110 cm³/mol. The quantitative estimate of drug-likeness (QED) is 0.455. The summed E-state index contributed by atoms with van der Waals surface area (Å²) in [5, 5.41) is 17.9. The van der Waals surface area contributed by atoms with Gasteiger partial charge in [0.15, 0.2) is 0 Å². The van der Waals surface area contributed by atoms with Crippen molar-refractivity contribution in [3.63, 3.8) is 0 Å². The standard InChI is InChI=1S/C19H17N7O2S/c27-17(20-16-13-18(28)25(22-16)14-7-3-1-4-8-14)11-12-29-19-21-23-24-26(19)15-9-5-2-6-10-15/h1-10,13,22H,11-12H2,(H,20,27). The maximum Gasteiger partial charge on any atom is 0.273 e. The number of para-hydroxylation sites is 2. The first-order valence-electron chi connectivity index (χ1n) is 8.84. The molecule has 2 heterocycles. The van der Waals surface area contributed by atoms with Gasteiger partial charge in [0, 0.05) is 18.2 Å². The Labute approximate surface area is 169 Å². The van der Waals surface area contributed by atoms with Crippen LogP contribution in [0.1, 0.15) is 6.42 Å². The van der Waals surface area contributed by atoms with Gasteiger partial charge in [-0.05, 0) is 34.7 Å². The molecule has 146 valence electrons. The molecule has 4 aromatic rings. The first-order chi connectivity index (χ1) is 14.2. The van der Waals surface area contributed by atoms with Crippen molar-refractivity contribution in [3.8, 4) is 11.4 Å². The molecule has 4 rings (SSSR count). The van der Waals surface area contributed by atoms with Crippen molar-refractivity contribution in [3.05, 3.63) is 77.1 Å². The zero-order valence-electron chi connectivity index (χ0n) is 15.2. The van der Waals surface area contributed by atoms with E-state index in [1.807, 2.05) is 48.5 Å². The second kappa shape index (κ2) is 8.57. The molecule has 0 saturated heterocycles. The maximum absolute atomic E-state index is 12.2. The van der Waals surface area contributed by atoms with Crippen LogP contribution >= 0.6 is 11.8 Å². The average molecular weight is 407 g/mol. The molecule has 0 radical (unpaired) electrons. The molecule has 2 aromatic carbocycles. The van der Waals surface area contributed by atoms with E-state index in [2.05, 4.69) is 25.9 Å². The van der Waals surface area contributed by atoms with Crippen LogP contribution in [-0.4, -0.2) is 41.6 Å². The monoisotopic (exact) mass is 407 g/mol. The highest BCUT2D eigenvalue weighted by atomic mass is 32.2. The second-order valence-corrected chi connectivity index (χ2v) is 7.10. The fraction of sp³-hybridized carbons (Fsp3) is 0.105. The van der Waals surface area contributed by atoms with Gasteiger partial charge in [-0.25, -0.2) is 4.68 Å². The summed E-state index contributed by atoms with van der Waals surface area (Å²) in [6.45, 7) is 0. The number of benzene rings is 2. The van der Waals surface area contributed by atoms with Gasteiger partial charge in [0.25, 0.3) is 5.56 Å². The first kappa shape index (κ1) is 18.7. The van der Waals surface area contributed by atoms with E-state index in [1.165, 1.54) is 22.5 Å². The van der Waals surface area contributed by atoms with Crippen molar-refractivity contribution in [2.24, 2.45) is 0 Å². The van der Waals surface area contributed by atoms with Crippen LogP contribution in [0.2, 0.25) is 0 Å². The number of H-pyrrole nitrogens is 1. The Balaban J connectivity index is 1.34. The van der Waals surface area contributed by atoms with E-state index in [0.29, 0.717) is 22.4 Å². The number of hydrogen-bond donors (Lipinski definition) is 2. The van der Waals surface area contributed by atoms with Crippen molar-refractivity contribution in [2.75, 3.05) is 11.1 Å². The summed E-state index contributed by atoms with van der Waals surface area (Å²) in [5.41, 5.74) is 1.30. The summed E-state index contributed by atoms with van der Waals surface area (Å²) in [6.07, 6.45) is 0.241. The molecule has 2 N–H and O–H groups in total. The van der Waals surface area contributed by atoms with Gasteiger partial charge in [0.2, 0.25) is 11.1 Å². The highest BCUT2D eigenvalue weighted by Gasteiger charge is 2.11. The average Bonchev–Trinajstić information content (AvgIpc) is 3.36. The molecular formula is C19H17N7O2S. The lowest BCUT2D eigenvalue weighted by Crippen LogP contribution is -2.14. The first-order valence-corrected chi connectivity index (χ1v) is 9.83. The summed E-state index contributed by atoms with van der Waals surface area (Å²) in [7, 11) is 0. The second-order valence-electron chi connectivity index (χ2n) is 6.03. The molecule has 9 nitrogen and oxygen atoms in total. The Hall–Kier alpha value is -3.66. The molecular weight excluding hydrogens is 390 g/mol. The zero-order valence-corrected chi connectivity index (χ0v) is 16.0. The van der Waals surface area contributed by atoms with Crippen LogP contribution in [0.3, 0.4) is 0 Å². The Morgan fingerprint density at radius 2 is 1.72 bits per heavy atom. The molecule has 0 bridgehead atoms. The molecule has 0 unspecified atom stereocenters. The third-order valence-electron chi connectivity index (χ3n) is 4.01. The minimum absolute atomic E-state index is 0.210. The van der Waals surface area contributed by atoms with Crippen molar-refractivity contribution < 1.29 is 4.79 Å². The van der Waals surface area contributed by atoms with Gasteiger partial charge in [-0.1, -0.05) is 48.2 Å². The van der Waals surface area contributed by atoms with Gasteiger partial charge < -0.3 is 5.32 Å². The van der Waals surface area contributed by atoms with Crippen molar-refractivity contribution in [1.29, 1.82) is 0 Å². The zero-order chi connectivity index (χ0) is 20.1. The fourth-order valence-corrected chi connectivity index (χ4v) is 3.51. The summed E-state index contributed by atoms with van der Waals surface area (Å²) in [6, 6.07) is 20.0. The van der Waals surface area contributed by atoms with E-state index < -0.39 is 0 Å². The van der Waals surface area contributed by atoms with Gasteiger partial charge in [0.05, 0.1) is 11.4 Å². The van der Waals surface area contributed by atoms with Gasteiger partial charge in [0.1, 0.15) is 5.82 Å². The Bertz CT molecular complexity index is 1150. The van der Waals surface area contributed by atoms with E-state index in [4.69, 9.17) is 0 Å². The normalized spacial score (nSPS) is 10.8. The number of nitrogens with one attached hydrogen (secondary N) is 2. The number of amides is 1. The molecule has 0 spiro atoms. The number of carbonyl (C=O) groups excluding carboxylic acids is 1. The number of anilines is 1. The summed E-state index contributed by atoms with van der Waals surface area (Å²) < 4.78 is 3.00. The molecule has 0 saturated carbocycles. The van der Waals surface area contributed by atoms with Gasteiger partial charge >= 0.3 is 0 Å². The minimum atomic E-state index is -0.247. The van der Waals surface area contributed by atoms with Gasteiger partial charge in [-0.15, -0.1) is 5.10 Å². The lowest BCUT2D eigenvalue weighted by Gasteiger charge is -2.05. The number of nitrogens with zero attached hydrogens (tertiary/aromatic N) is 5. The molecule has 29 heavy (non-hydrogen) atoms. The smallest absolute Gasteiger partial charge is 0.273 e. The number of hydrogen-bond acceptors (Lipinski definition) is 6. The summed E-state index contributed by atoms with van der Waals surface area (Å²) >= 11 is 1.38. The van der Waals surface area contributed by atoms with E-state index >= 15 is 0 Å². The van der Waals surface area contributed by atoms with Crippen LogP contribution in [0.25, 0.3) is 11.4 Å². The topological polar surface area (TPSA) is 110 Å². The largest absolute Gasteiger partial charge is 0.311 e. The molecule has 10 heteroatoms. The van der Waals surface area contributed by atoms with Crippen LogP contribution in [0, 0.1) is 0 Å². The Morgan fingerprint density at radius 3 is 2.45 bits per heavy atom. The number of rotatable bonds is 7. The molecule has 0 aliphatic rings. The van der Waals surface area contributed by atoms with E-state index in [-0.39, 0.29) is 17.9 Å². The summed E-state index contributed by atoms with van der Waals surface area (Å²) in [4.78, 5) is 24.4. The van der Waals surface area contributed by atoms with Crippen molar-refractivity contribution in [1.82, 2.24) is 30.0 Å². The maximum atomic E-state index is 12.2. The van der Waals surface area contributed by atoms with Crippen LogP contribution in [0.15, 0.2) is 76.7 Å².